The number of fused-ring (bicyclic) bond motifs is 6. The minimum atomic E-state index is -1.96. The first-order valence-corrected chi connectivity index (χ1v) is 36.5. The zero-order chi connectivity index (χ0) is 91.1. The number of ether oxygens (including phenoxy) is 6. The Hall–Kier alpha value is -11.8. The van der Waals surface area contributed by atoms with E-state index in [1.165, 1.54) is 62.7 Å². The van der Waals surface area contributed by atoms with Gasteiger partial charge in [-0.15, -0.1) is 6.42 Å². The Labute approximate surface area is 688 Å². The number of aromatic amines is 2. The van der Waals surface area contributed by atoms with Crippen LogP contribution in [-0.4, -0.2) is 325 Å². The molecule has 24 atom stereocenters. The van der Waals surface area contributed by atoms with Crippen molar-refractivity contribution in [3.05, 3.63) is 95.4 Å². The number of nitrogen functional groups attached to an aromatic ring is 4. The fraction of sp³-hybridized carbons (Fsp3) is 0.522. The van der Waals surface area contributed by atoms with Crippen molar-refractivity contribution in [3.63, 3.8) is 0 Å². The molecule has 0 saturated carbocycles. The van der Waals surface area contributed by atoms with E-state index >= 15 is 0 Å². The number of rotatable bonds is 12. The van der Waals surface area contributed by atoms with E-state index in [1.54, 1.807) is 0 Å². The maximum absolute atomic E-state index is 14.4. The lowest BCUT2D eigenvalue weighted by atomic mass is 9.98. The molecule has 6 fully saturated rings. The topological polar surface area (TPSA) is 704 Å². The highest BCUT2D eigenvalue weighted by Gasteiger charge is 2.59. The number of anilines is 4. The monoisotopic (exact) mass is 1780 g/mol. The molecule has 22 N–H and O–H groups in total. The van der Waals surface area contributed by atoms with E-state index in [1.807, 2.05) is 4.98 Å². The first-order valence-electron chi connectivity index (χ1n) is 36.5. The van der Waals surface area contributed by atoms with Gasteiger partial charge in [-0.1, -0.05) is 5.92 Å². The smallest absolute Gasteiger partial charge is 0.349 e. The number of hydrogen-bond acceptors (Lipinski definition) is 40. The third-order valence-corrected chi connectivity index (χ3v) is 21.4. The molecule has 6 saturated heterocycles. The van der Waals surface area contributed by atoms with Crippen molar-refractivity contribution in [1.29, 1.82) is 0 Å². The molecular weight excluding hydrogens is 1710 g/mol. The number of nitrogens with one attached hydrogen (secondary N) is 2. The molecule has 48 nitrogen and oxygen atoms in total. The third kappa shape index (κ3) is 15.9. The van der Waals surface area contributed by atoms with Crippen molar-refractivity contribution in [2.75, 3.05) is 62.6 Å². The molecule has 18 rings (SSSR count). The molecule has 0 bridgehead atoms. The van der Waals surface area contributed by atoms with Crippen LogP contribution < -0.4 is 34.2 Å². The highest BCUT2D eigenvalue weighted by molar-refractivity contribution is 5.82. The van der Waals surface area contributed by atoms with Gasteiger partial charge in [-0.2, -0.15) is 47.5 Å². The predicted octanol–water partition coefficient (Wildman–Crippen LogP) is -4.08. The van der Waals surface area contributed by atoms with Crippen LogP contribution in [-0.2, 0) is 28.4 Å². The Morgan fingerprint density at radius 2 is 0.720 bits per heavy atom. The summed E-state index contributed by atoms with van der Waals surface area (Å²) in [5, 5.41) is 115. The van der Waals surface area contributed by atoms with Gasteiger partial charge in [-0.05, 0) is 34.6 Å². The van der Waals surface area contributed by atoms with E-state index in [9.17, 15) is 115 Å². The summed E-state index contributed by atoms with van der Waals surface area (Å²) < 4.78 is 178. The molecule has 0 aromatic carbocycles. The van der Waals surface area contributed by atoms with E-state index in [4.69, 9.17) is 57.8 Å². The molecule has 58 heteroatoms. The van der Waals surface area contributed by atoms with Crippen LogP contribution in [0.4, 0.5) is 67.4 Å². The Balaban J connectivity index is 0.000000129. The van der Waals surface area contributed by atoms with Crippen molar-refractivity contribution >= 4 is 90.5 Å². The van der Waals surface area contributed by atoms with Gasteiger partial charge >= 0.3 is 11.8 Å². The van der Waals surface area contributed by atoms with Crippen LogP contribution in [0, 0.1) is 36.3 Å². The molecule has 0 aliphatic carbocycles. The second-order valence-electron chi connectivity index (χ2n) is 29.9. The molecule has 12 aromatic rings. The highest BCUT2D eigenvalue weighted by atomic mass is 19.2. The maximum atomic E-state index is 14.4. The van der Waals surface area contributed by atoms with Crippen LogP contribution >= 0.6 is 0 Å². The lowest BCUT2D eigenvalue weighted by Gasteiger charge is -2.24. The van der Waals surface area contributed by atoms with Crippen LogP contribution in [0.2, 0.25) is 0 Å². The summed E-state index contributed by atoms with van der Waals surface area (Å²) in [7, 11) is 0. The Kier molecular flexibility index (Phi) is 25.0. The third-order valence-electron chi connectivity index (χ3n) is 21.4. The van der Waals surface area contributed by atoms with E-state index in [-0.39, 0.29) is 79.4 Å². The van der Waals surface area contributed by atoms with E-state index in [0.717, 1.165) is 49.9 Å². The van der Waals surface area contributed by atoms with Gasteiger partial charge in [0.1, 0.15) is 82.8 Å². The number of aromatic nitrogens is 24. The molecule has 6 aliphatic heterocycles. The van der Waals surface area contributed by atoms with Gasteiger partial charge in [-0.3, -0.25) is 42.2 Å². The van der Waals surface area contributed by atoms with Crippen LogP contribution in [0.5, 0.6) is 0 Å². The van der Waals surface area contributed by atoms with Gasteiger partial charge in [0.15, 0.2) is 153 Å². The molecular formula is C67H76F10N28O20. The Bertz CT molecular complexity index is 5910. The standard InChI is InChI=1S/C12H12FN5O4.2C11H13F2N5O3.C11H12F2N4O4.C11H12F2N4O3.C11H14FN5O3/c1-2-12(3-19)7(20)5(13)10(22-12)18-4-15-6-8(18)16-11(14)17-9(6)21;1-11(2-19)6(20)4(12)9(21-11)18-3-15-5-7(14)16-10(13)17-8(5)18;1-11(2-19)6(20)4(12)9(21-11)18-3-15-5-7(13)16-10(14)17-8(5)18;1-11(2-18)6(19)4(12)9(21-11)17-3-14-5-7(13)15-10(20)16-8(5)17;2*1-11(2-18)7(19)5(12)10(20-11)17-4-16-6-8(13)14-3-15-9(6)17/h1,4-5,7,10,19-20H,3H2,(H3,14,16,17,21);2*3-4,6,9,19-20H,2H2,1H3,(H2,14,16,17);3-4,6,9,18-19H,2H2,1H3,(H,15,16,20);3-5,7,10,18-19H,2H2,1H3;3-5,7,10,18-19H,2H2,1H3,(H2,13,14,15). The van der Waals surface area contributed by atoms with Crippen LogP contribution in [0.1, 0.15) is 72.0 Å². The predicted molar refractivity (Wildman–Crippen MR) is 397 cm³/mol. The summed E-state index contributed by atoms with van der Waals surface area (Å²) >= 11 is 0. The number of aliphatic hydroxyl groups is 12. The number of halogens is 10. The van der Waals surface area contributed by atoms with Gasteiger partial charge in [0.05, 0.1) is 77.6 Å². The summed E-state index contributed by atoms with van der Waals surface area (Å²) in [5.74, 6) is -1.22. The van der Waals surface area contributed by atoms with Crippen molar-refractivity contribution in [3.8, 4) is 12.3 Å². The van der Waals surface area contributed by atoms with Gasteiger partial charge < -0.3 is 113 Å². The Morgan fingerprint density at radius 3 is 1.12 bits per heavy atom. The highest BCUT2D eigenvalue weighted by Crippen LogP contribution is 2.46. The van der Waals surface area contributed by atoms with Gasteiger partial charge in [-0.25, -0.2) is 81.0 Å². The SMILES string of the molecule is C#CC1(CO)OC(n2cnc3c(=O)[nH]c(N)nc32)C(F)C1O.CC1(CO)OC(n2cnc3c(F)[nH]c(=O)nc32)C(F)C1O.CC1(CO)OC(n2cnc3c(F)nc(N)nc32)C(F)C1O.CC1(CO)OC(n2cnc3c(F)ncnc32)C(F)C1O.CC1(CO)OC(n2cnc3c(N)nc(F)nc32)C(F)C1O.CC1(CO)OC(n2cnc3c(N)ncnc32)C(F)C1O. The fourth-order valence-corrected chi connectivity index (χ4v) is 14.0. The van der Waals surface area contributed by atoms with E-state index in [2.05, 4.69) is 90.6 Å². The van der Waals surface area contributed by atoms with E-state index in [0.29, 0.717) is 11.2 Å². The lowest BCUT2D eigenvalue weighted by Crippen LogP contribution is -2.44. The van der Waals surface area contributed by atoms with Gasteiger partial charge in [0.25, 0.3) is 5.56 Å². The van der Waals surface area contributed by atoms with Gasteiger partial charge in [0, 0.05) is 0 Å². The van der Waals surface area contributed by atoms with Crippen LogP contribution in [0.15, 0.2) is 60.2 Å². The molecule has 18 heterocycles. The molecule has 6 aliphatic rings. The van der Waals surface area contributed by atoms with Gasteiger partial charge in [0.2, 0.25) is 29.7 Å². The first kappa shape index (κ1) is 91.0. The average molecular weight is 1780 g/mol. The summed E-state index contributed by atoms with van der Waals surface area (Å²) in [4.78, 5) is 86.3. The molecule has 125 heavy (non-hydrogen) atoms. The number of terminal acetylenes is 1. The number of nitrogens with two attached hydrogens (primary N) is 4. The summed E-state index contributed by atoms with van der Waals surface area (Å²) in [5.41, 5.74) is 11.1. The minimum Gasteiger partial charge on any atom is -0.393 e. The molecule has 12 aromatic heterocycles. The van der Waals surface area contributed by atoms with Crippen molar-refractivity contribution in [2.45, 2.75) is 179 Å². The second-order valence-corrected chi connectivity index (χ2v) is 29.9. The Morgan fingerprint density at radius 1 is 0.384 bits per heavy atom. The van der Waals surface area contributed by atoms with Crippen molar-refractivity contribution in [2.24, 2.45) is 0 Å². The van der Waals surface area contributed by atoms with Crippen molar-refractivity contribution < 1.29 is 134 Å². The summed E-state index contributed by atoms with van der Waals surface area (Å²) in [6, 6.07) is 0. The number of nitrogens with zero attached hydrogens (tertiary/aromatic N) is 22. The lowest BCUT2D eigenvalue weighted by molar-refractivity contribution is -0.115. The molecule has 0 amide bonds. The zero-order valence-corrected chi connectivity index (χ0v) is 64.9. The number of imidazole rings is 6. The normalized spacial score (nSPS) is 33.0. The van der Waals surface area contributed by atoms with Crippen LogP contribution in [0.25, 0.3) is 67.0 Å². The van der Waals surface area contributed by atoms with Crippen molar-refractivity contribution in [1.82, 2.24) is 117 Å². The second kappa shape index (κ2) is 34.3. The van der Waals surface area contributed by atoms with Crippen LogP contribution in [0.3, 0.4) is 0 Å². The maximum Gasteiger partial charge on any atom is 0.349 e. The summed E-state index contributed by atoms with van der Waals surface area (Å²) in [6.45, 7) is 3.29. The first-order chi connectivity index (χ1) is 59.0. The number of aliphatic hydroxyl groups excluding tert-OH is 12. The minimum absolute atomic E-state index is 0.0214. The largest absolute Gasteiger partial charge is 0.393 e. The molecule has 0 radical (unpaired) electrons. The summed E-state index contributed by atoms with van der Waals surface area (Å²) in [6.07, 6.45) is -14.9. The number of alkyl halides is 6. The molecule has 24 unspecified atom stereocenters. The number of H-pyrrole nitrogens is 2. The molecule has 674 valence electrons. The zero-order valence-electron chi connectivity index (χ0n) is 64.9. The molecule has 0 spiro atoms. The quantitative estimate of drug-likeness (QED) is 0.0239. The van der Waals surface area contributed by atoms with E-state index < -0.39 is 219 Å². The number of hydrogen-bond donors (Lipinski definition) is 18. The average Bonchev–Trinajstić information content (AvgIpc) is 1.30. The fourth-order valence-electron chi connectivity index (χ4n) is 14.0.